The third-order valence-electron chi connectivity index (χ3n) is 3.73. The molecule has 0 unspecified atom stereocenters. The van der Waals surface area contributed by atoms with Gasteiger partial charge >= 0.3 is 0 Å². The number of hydrogen-bond acceptors (Lipinski definition) is 7. The number of nitrogens with zero attached hydrogens (tertiary/aromatic N) is 3. The smallest absolute Gasteiger partial charge is 0.237 e. The molecule has 28 heavy (non-hydrogen) atoms. The van der Waals surface area contributed by atoms with E-state index in [2.05, 4.69) is 22.1 Å². The topological polar surface area (TPSA) is 67.4 Å². The number of thioether (sulfide) groups is 1. The number of ether oxygens (including phenoxy) is 1. The first kappa shape index (κ1) is 19.9. The van der Waals surface area contributed by atoms with Gasteiger partial charge in [0.25, 0.3) is 0 Å². The second kappa shape index (κ2) is 9.91. The van der Waals surface area contributed by atoms with Gasteiger partial charge in [-0.15, -0.1) is 16.8 Å². The number of benzene rings is 2. The van der Waals surface area contributed by atoms with Crippen LogP contribution in [0.3, 0.4) is 0 Å². The van der Waals surface area contributed by atoms with Crippen LogP contribution in [0.4, 0.5) is 16.5 Å². The van der Waals surface area contributed by atoms with E-state index in [9.17, 15) is 4.79 Å². The maximum atomic E-state index is 12.7. The minimum absolute atomic E-state index is 0.00592. The van der Waals surface area contributed by atoms with Crippen molar-refractivity contribution in [2.45, 2.75) is 4.34 Å². The molecule has 0 aliphatic carbocycles. The van der Waals surface area contributed by atoms with Gasteiger partial charge in [-0.2, -0.15) is 0 Å². The van der Waals surface area contributed by atoms with Crippen LogP contribution in [0, 0.1) is 0 Å². The zero-order valence-corrected chi connectivity index (χ0v) is 17.0. The largest absolute Gasteiger partial charge is 0.497 e. The lowest BCUT2D eigenvalue weighted by Gasteiger charge is -2.20. The van der Waals surface area contributed by atoms with E-state index in [0.717, 1.165) is 21.5 Å². The van der Waals surface area contributed by atoms with Crippen molar-refractivity contribution in [3.63, 3.8) is 0 Å². The maximum Gasteiger partial charge on any atom is 0.237 e. The minimum Gasteiger partial charge on any atom is -0.497 e. The van der Waals surface area contributed by atoms with Crippen molar-refractivity contribution in [3.8, 4) is 5.75 Å². The van der Waals surface area contributed by atoms with Crippen LogP contribution in [-0.2, 0) is 4.79 Å². The molecule has 1 amide bonds. The van der Waals surface area contributed by atoms with Crippen LogP contribution in [-0.4, -0.2) is 35.5 Å². The molecule has 0 fully saturated rings. The average molecular weight is 413 g/mol. The van der Waals surface area contributed by atoms with Crippen molar-refractivity contribution in [2.75, 3.05) is 29.6 Å². The summed E-state index contributed by atoms with van der Waals surface area (Å²) >= 11 is 2.77. The van der Waals surface area contributed by atoms with Crippen LogP contribution < -0.4 is 15.0 Å². The molecule has 1 heterocycles. The third-order valence-corrected chi connectivity index (χ3v) is 5.68. The monoisotopic (exact) mass is 412 g/mol. The lowest BCUT2D eigenvalue weighted by atomic mass is 10.3. The van der Waals surface area contributed by atoms with Crippen molar-refractivity contribution < 1.29 is 9.53 Å². The van der Waals surface area contributed by atoms with Crippen LogP contribution >= 0.6 is 23.1 Å². The molecule has 0 radical (unpaired) electrons. The fourth-order valence-electron chi connectivity index (χ4n) is 2.43. The molecule has 1 N–H and O–H groups in total. The number of para-hydroxylation sites is 1. The highest BCUT2D eigenvalue weighted by atomic mass is 32.2. The Kier molecular flexibility index (Phi) is 7.05. The molecule has 0 aliphatic rings. The summed E-state index contributed by atoms with van der Waals surface area (Å²) in [5.41, 5.74) is 1.72. The number of carbonyl (C=O) groups is 1. The van der Waals surface area contributed by atoms with E-state index in [4.69, 9.17) is 4.74 Å². The van der Waals surface area contributed by atoms with E-state index in [1.54, 1.807) is 18.1 Å². The van der Waals surface area contributed by atoms with E-state index in [1.807, 2.05) is 54.6 Å². The summed E-state index contributed by atoms with van der Waals surface area (Å²) in [5.74, 6) is 1.03. The summed E-state index contributed by atoms with van der Waals surface area (Å²) in [7, 11) is 1.63. The highest BCUT2D eigenvalue weighted by molar-refractivity contribution is 8.01. The summed E-state index contributed by atoms with van der Waals surface area (Å²) in [4.78, 5) is 14.4. The molecule has 1 aromatic heterocycles. The molecule has 3 aromatic rings. The summed E-state index contributed by atoms with van der Waals surface area (Å²) < 4.78 is 5.94. The van der Waals surface area contributed by atoms with Gasteiger partial charge in [-0.3, -0.25) is 4.79 Å². The van der Waals surface area contributed by atoms with Crippen molar-refractivity contribution in [1.29, 1.82) is 0 Å². The minimum atomic E-state index is -0.00592. The van der Waals surface area contributed by atoms with E-state index >= 15 is 0 Å². The average Bonchev–Trinajstić information content (AvgIpc) is 3.18. The van der Waals surface area contributed by atoms with Crippen molar-refractivity contribution in [3.05, 3.63) is 67.3 Å². The number of nitrogens with one attached hydrogen (secondary N) is 1. The van der Waals surface area contributed by atoms with Crippen LogP contribution in [0.25, 0.3) is 0 Å². The zero-order chi connectivity index (χ0) is 19.8. The molecule has 0 bridgehead atoms. The number of rotatable bonds is 9. The zero-order valence-electron chi connectivity index (χ0n) is 15.4. The predicted molar refractivity (Wildman–Crippen MR) is 116 cm³/mol. The molecule has 0 saturated heterocycles. The number of anilines is 3. The molecule has 6 nitrogen and oxygen atoms in total. The van der Waals surface area contributed by atoms with E-state index in [-0.39, 0.29) is 11.7 Å². The van der Waals surface area contributed by atoms with Crippen LogP contribution in [0.15, 0.2) is 71.6 Å². The molecule has 0 spiro atoms. The fraction of sp³-hybridized carbons (Fsp3) is 0.150. The molecule has 2 aromatic carbocycles. The van der Waals surface area contributed by atoms with Gasteiger partial charge in [0.1, 0.15) is 5.75 Å². The Balaban J connectivity index is 1.60. The Morgan fingerprint density at radius 1 is 1.25 bits per heavy atom. The predicted octanol–water partition coefficient (Wildman–Crippen LogP) is 4.60. The van der Waals surface area contributed by atoms with Gasteiger partial charge in [-0.1, -0.05) is 53.4 Å². The Morgan fingerprint density at radius 3 is 2.82 bits per heavy atom. The van der Waals surface area contributed by atoms with Crippen LogP contribution in [0.2, 0.25) is 0 Å². The number of carbonyl (C=O) groups excluding carboxylic acids is 1. The summed E-state index contributed by atoms with van der Waals surface area (Å²) in [6, 6.07) is 17.1. The molecule has 0 atom stereocenters. The number of methoxy groups -OCH3 is 1. The molecule has 0 aliphatic heterocycles. The Labute approximate surface area is 172 Å². The third kappa shape index (κ3) is 5.34. The van der Waals surface area contributed by atoms with Crippen LogP contribution in [0.5, 0.6) is 5.75 Å². The van der Waals surface area contributed by atoms with Gasteiger partial charge in [0, 0.05) is 24.0 Å². The van der Waals surface area contributed by atoms with Gasteiger partial charge < -0.3 is 15.0 Å². The molecular formula is C20H20N4O2S2. The van der Waals surface area contributed by atoms with E-state index < -0.39 is 0 Å². The van der Waals surface area contributed by atoms with Crippen molar-refractivity contribution in [2.24, 2.45) is 0 Å². The fourth-order valence-corrected chi connectivity index (χ4v) is 4.08. The normalized spacial score (nSPS) is 10.3. The summed E-state index contributed by atoms with van der Waals surface area (Å²) in [5, 5.41) is 12.2. The van der Waals surface area contributed by atoms with Gasteiger partial charge in [-0.05, 0) is 24.3 Å². The van der Waals surface area contributed by atoms with Gasteiger partial charge in [-0.25, -0.2) is 0 Å². The number of aromatic nitrogens is 2. The Morgan fingerprint density at radius 2 is 2.07 bits per heavy atom. The Hall–Kier alpha value is -2.84. The molecule has 0 saturated carbocycles. The standard InChI is InChI=1S/C20H20N4O2S2/c1-3-12-24(16-9-5-4-6-10-16)18(25)14-27-20-23-22-19(28-20)21-15-8-7-11-17(13-15)26-2/h3-11,13H,1,12,14H2,2H3,(H,21,22). The SMILES string of the molecule is C=CCN(C(=O)CSc1nnc(Nc2cccc(OC)c2)s1)c1ccccc1. The quantitative estimate of drug-likeness (QED) is 0.409. The first-order valence-corrected chi connectivity index (χ1v) is 10.3. The highest BCUT2D eigenvalue weighted by Gasteiger charge is 2.16. The first-order chi connectivity index (χ1) is 13.7. The van der Waals surface area contributed by atoms with Crippen LogP contribution in [0.1, 0.15) is 0 Å². The maximum absolute atomic E-state index is 12.7. The second-order valence-electron chi connectivity index (χ2n) is 5.65. The first-order valence-electron chi connectivity index (χ1n) is 8.53. The molecule has 3 rings (SSSR count). The van der Waals surface area contributed by atoms with Gasteiger partial charge in [0.05, 0.1) is 12.9 Å². The van der Waals surface area contributed by atoms with E-state index in [1.165, 1.54) is 23.1 Å². The van der Waals surface area contributed by atoms with E-state index in [0.29, 0.717) is 11.7 Å². The van der Waals surface area contributed by atoms with Crippen molar-refractivity contribution in [1.82, 2.24) is 10.2 Å². The molecule has 144 valence electrons. The molecular weight excluding hydrogens is 392 g/mol. The highest BCUT2D eigenvalue weighted by Crippen LogP contribution is 2.29. The lowest BCUT2D eigenvalue weighted by molar-refractivity contribution is -0.116. The van der Waals surface area contributed by atoms with Crippen molar-refractivity contribution >= 4 is 45.5 Å². The van der Waals surface area contributed by atoms with Gasteiger partial charge in [0.15, 0.2) is 4.34 Å². The van der Waals surface area contributed by atoms with Gasteiger partial charge in [0.2, 0.25) is 11.0 Å². The molecule has 8 heteroatoms. The summed E-state index contributed by atoms with van der Waals surface area (Å²) in [6.07, 6.45) is 1.72. The number of amides is 1. The number of hydrogen-bond donors (Lipinski definition) is 1. The Bertz CT molecular complexity index is 931. The lowest BCUT2D eigenvalue weighted by Crippen LogP contribution is -2.32. The summed E-state index contributed by atoms with van der Waals surface area (Å²) in [6.45, 7) is 4.20. The second-order valence-corrected chi connectivity index (χ2v) is 7.85.